The first-order chi connectivity index (χ1) is 8.24. The first-order valence-electron chi connectivity index (χ1n) is 5.68. The average Bonchev–Trinajstić information content (AvgIpc) is 2.35. The van der Waals surface area contributed by atoms with Crippen LogP contribution in [0.15, 0.2) is 36.4 Å². The largest absolute Gasteiger partial charge is 0.492 e. The highest BCUT2D eigenvalue weighted by molar-refractivity contribution is 6.03. The van der Waals surface area contributed by atoms with E-state index in [-0.39, 0.29) is 0 Å². The van der Waals surface area contributed by atoms with Crippen molar-refractivity contribution in [2.24, 2.45) is 5.73 Å². The van der Waals surface area contributed by atoms with Crippen LogP contribution < -0.4 is 10.5 Å². The number of fused-ring (bicyclic) bond motifs is 1. The van der Waals surface area contributed by atoms with Crippen molar-refractivity contribution in [1.82, 2.24) is 0 Å². The van der Waals surface area contributed by atoms with Gasteiger partial charge in [0.05, 0.1) is 12.2 Å². The minimum atomic E-state index is -0.457. The quantitative estimate of drug-likeness (QED) is 0.876. The van der Waals surface area contributed by atoms with Crippen LogP contribution in [0.2, 0.25) is 0 Å². The van der Waals surface area contributed by atoms with E-state index in [2.05, 4.69) is 0 Å². The molecule has 0 unspecified atom stereocenters. The lowest BCUT2D eigenvalue weighted by Gasteiger charge is -2.11. The van der Waals surface area contributed by atoms with Gasteiger partial charge in [-0.1, -0.05) is 37.3 Å². The van der Waals surface area contributed by atoms with Gasteiger partial charge in [-0.3, -0.25) is 4.79 Å². The number of hydrogen-bond acceptors (Lipinski definition) is 2. The molecule has 2 aromatic carbocycles. The van der Waals surface area contributed by atoms with Crippen LogP contribution >= 0.6 is 0 Å². The van der Waals surface area contributed by atoms with Gasteiger partial charge in [-0.2, -0.15) is 0 Å². The third kappa shape index (κ3) is 2.23. The maximum Gasteiger partial charge on any atom is 0.252 e. The number of ether oxygens (including phenoxy) is 1. The zero-order valence-electron chi connectivity index (χ0n) is 9.77. The number of amides is 1. The summed E-state index contributed by atoms with van der Waals surface area (Å²) < 4.78 is 5.66. The lowest BCUT2D eigenvalue weighted by Crippen LogP contribution is -2.13. The van der Waals surface area contributed by atoms with Crippen LogP contribution in [0.1, 0.15) is 23.7 Å². The van der Waals surface area contributed by atoms with Gasteiger partial charge in [-0.25, -0.2) is 0 Å². The fraction of sp³-hybridized carbons (Fsp3) is 0.214. The van der Waals surface area contributed by atoms with E-state index in [9.17, 15) is 4.79 Å². The lowest BCUT2D eigenvalue weighted by molar-refractivity contribution is 0.0996. The van der Waals surface area contributed by atoms with Gasteiger partial charge in [0.15, 0.2) is 0 Å². The molecular weight excluding hydrogens is 214 g/mol. The van der Waals surface area contributed by atoms with Crippen LogP contribution in [0.5, 0.6) is 5.75 Å². The second kappa shape index (κ2) is 4.87. The van der Waals surface area contributed by atoms with Crippen molar-refractivity contribution in [3.8, 4) is 5.75 Å². The Labute approximate surface area is 100 Å². The van der Waals surface area contributed by atoms with Crippen molar-refractivity contribution in [2.75, 3.05) is 6.61 Å². The number of carbonyl (C=O) groups excluding carboxylic acids is 1. The van der Waals surface area contributed by atoms with Gasteiger partial charge < -0.3 is 10.5 Å². The van der Waals surface area contributed by atoms with Crippen molar-refractivity contribution >= 4 is 16.7 Å². The van der Waals surface area contributed by atoms with Crippen molar-refractivity contribution < 1.29 is 9.53 Å². The summed E-state index contributed by atoms with van der Waals surface area (Å²) in [6, 6.07) is 11.4. The maximum atomic E-state index is 11.4. The summed E-state index contributed by atoms with van der Waals surface area (Å²) in [7, 11) is 0. The average molecular weight is 229 g/mol. The van der Waals surface area contributed by atoms with E-state index >= 15 is 0 Å². The van der Waals surface area contributed by atoms with Gasteiger partial charge in [0.1, 0.15) is 5.75 Å². The molecule has 2 rings (SSSR count). The van der Waals surface area contributed by atoms with E-state index in [4.69, 9.17) is 10.5 Å². The van der Waals surface area contributed by atoms with E-state index < -0.39 is 5.91 Å². The smallest absolute Gasteiger partial charge is 0.252 e. The number of primary amides is 1. The normalized spacial score (nSPS) is 10.4. The van der Waals surface area contributed by atoms with Gasteiger partial charge in [0.2, 0.25) is 0 Å². The Bertz CT molecular complexity index is 549. The predicted octanol–water partition coefficient (Wildman–Crippen LogP) is 2.73. The number of nitrogens with two attached hydrogens (primary N) is 1. The topological polar surface area (TPSA) is 52.3 Å². The molecule has 0 aliphatic rings. The van der Waals surface area contributed by atoms with Crippen LogP contribution in [-0.2, 0) is 0 Å². The number of hydrogen-bond donors (Lipinski definition) is 1. The molecule has 0 fully saturated rings. The summed E-state index contributed by atoms with van der Waals surface area (Å²) in [5.74, 6) is 0.138. The van der Waals surface area contributed by atoms with Gasteiger partial charge in [-0.05, 0) is 17.9 Å². The lowest BCUT2D eigenvalue weighted by atomic mass is 10.0. The summed E-state index contributed by atoms with van der Waals surface area (Å²) in [6.07, 6.45) is 0.890. The van der Waals surface area contributed by atoms with Crippen LogP contribution in [0.25, 0.3) is 10.8 Å². The third-order valence-corrected chi connectivity index (χ3v) is 2.60. The zero-order valence-corrected chi connectivity index (χ0v) is 9.77. The zero-order chi connectivity index (χ0) is 12.3. The summed E-state index contributed by atoms with van der Waals surface area (Å²) in [4.78, 5) is 11.4. The third-order valence-electron chi connectivity index (χ3n) is 2.60. The van der Waals surface area contributed by atoms with Crippen LogP contribution in [0.4, 0.5) is 0 Å². The van der Waals surface area contributed by atoms with E-state index in [1.54, 1.807) is 6.07 Å². The highest BCUT2D eigenvalue weighted by Gasteiger charge is 2.12. The Hall–Kier alpha value is -2.03. The summed E-state index contributed by atoms with van der Waals surface area (Å²) in [5, 5.41) is 1.97. The van der Waals surface area contributed by atoms with Crippen molar-refractivity contribution in [1.29, 1.82) is 0 Å². The molecule has 0 aliphatic heterocycles. The highest BCUT2D eigenvalue weighted by atomic mass is 16.5. The van der Waals surface area contributed by atoms with Crippen molar-refractivity contribution in [2.45, 2.75) is 13.3 Å². The van der Waals surface area contributed by atoms with E-state index in [0.29, 0.717) is 17.9 Å². The summed E-state index contributed by atoms with van der Waals surface area (Å²) in [6.45, 7) is 2.60. The van der Waals surface area contributed by atoms with E-state index in [0.717, 1.165) is 17.2 Å². The monoisotopic (exact) mass is 229 g/mol. The van der Waals surface area contributed by atoms with Crippen LogP contribution in [-0.4, -0.2) is 12.5 Å². The molecule has 1 amide bonds. The first kappa shape index (κ1) is 11.5. The standard InChI is InChI=1S/C14H15NO2/c1-2-9-17-13-11-6-4-3-5-10(11)7-8-12(13)14(15)16/h3-8H,2,9H2,1H3,(H2,15,16). The molecule has 0 aliphatic carbocycles. The SMILES string of the molecule is CCCOc1c(C(N)=O)ccc2ccccc12. The molecule has 0 aromatic heterocycles. The second-order valence-corrected chi connectivity index (χ2v) is 3.88. The molecular formula is C14H15NO2. The first-order valence-corrected chi connectivity index (χ1v) is 5.68. The molecule has 0 bridgehead atoms. The number of rotatable bonds is 4. The predicted molar refractivity (Wildman–Crippen MR) is 68.3 cm³/mol. The Balaban J connectivity index is 2.61. The molecule has 3 heteroatoms. The minimum absolute atomic E-state index is 0.442. The molecule has 88 valence electrons. The molecule has 3 nitrogen and oxygen atoms in total. The molecule has 2 aromatic rings. The Morgan fingerprint density at radius 1 is 1.24 bits per heavy atom. The highest BCUT2D eigenvalue weighted by Crippen LogP contribution is 2.29. The van der Waals surface area contributed by atoms with Crippen LogP contribution in [0, 0.1) is 0 Å². The molecule has 2 N–H and O–H groups in total. The van der Waals surface area contributed by atoms with Gasteiger partial charge in [0, 0.05) is 5.39 Å². The van der Waals surface area contributed by atoms with Crippen LogP contribution in [0.3, 0.4) is 0 Å². The molecule has 0 spiro atoms. The molecule has 0 heterocycles. The molecule has 0 atom stereocenters. The fourth-order valence-corrected chi connectivity index (χ4v) is 1.80. The fourth-order valence-electron chi connectivity index (χ4n) is 1.80. The minimum Gasteiger partial charge on any atom is -0.492 e. The van der Waals surface area contributed by atoms with E-state index in [1.807, 2.05) is 37.3 Å². The van der Waals surface area contributed by atoms with E-state index in [1.165, 1.54) is 0 Å². The molecule has 17 heavy (non-hydrogen) atoms. The van der Waals surface area contributed by atoms with Crippen molar-refractivity contribution in [3.63, 3.8) is 0 Å². The Kier molecular flexibility index (Phi) is 3.28. The molecule has 0 saturated carbocycles. The second-order valence-electron chi connectivity index (χ2n) is 3.88. The van der Waals surface area contributed by atoms with Gasteiger partial charge >= 0.3 is 0 Å². The van der Waals surface area contributed by atoms with Crippen molar-refractivity contribution in [3.05, 3.63) is 42.0 Å². The molecule has 0 saturated heterocycles. The maximum absolute atomic E-state index is 11.4. The number of carbonyl (C=O) groups is 1. The molecule has 0 radical (unpaired) electrons. The van der Waals surface area contributed by atoms with Gasteiger partial charge in [-0.15, -0.1) is 0 Å². The number of benzene rings is 2. The van der Waals surface area contributed by atoms with Gasteiger partial charge in [0.25, 0.3) is 5.91 Å². The summed E-state index contributed by atoms with van der Waals surface area (Å²) in [5.41, 5.74) is 5.80. The Morgan fingerprint density at radius 2 is 2.00 bits per heavy atom. The summed E-state index contributed by atoms with van der Waals surface area (Å²) >= 11 is 0. The Morgan fingerprint density at radius 3 is 2.71 bits per heavy atom.